The second-order valence-corrected chi connectivity index (χ2v) is 4.04. The van der Waals surface area contributed by atoms with Crippen LogP contribution in [0.25, 0.3) is 0 Å². The average Bonchev–Trinajstić information content (AvgIpc) is 2.58. The average molecular weight is 169 g/mol. The van der Waals surface area contributed by atoms with Crippen molar-refractivity contribution in [2.24, 2.45) is 0 Å². The lowest BCUT2D eigenvalue weighted by molar-refractivity contribution is 0.0339. The summed E-state index contributed by atoms with van der Waals surface area (Å²) in [5, 5.41) is 4.64. The van der Waals surface area contributed by atoms with Gasteiger partial charge < -0.3 is 5.01 Å². The Balaban J connectivity index is 1.87. The van der Waals surface area contributed by atoms with E-state index < -0.39 is 0 Å². The molecule has 1 fully saturated rings. The smallest absolute Gasteiger partial charge is 0.0727 e. The van der Waals surface area contributed by atoms with E-state index in [0.29, 0.717) is 0 Å². The van der Waals surface area contributed by atoms with Crippen molar-refractivity contribution >= 4 is 11.8 Å². The summed E-state index contributed by atoms with van der Waals surface area (Å²) in [5.41, 5.74) is 0. The maximum Gasteiger partial charge on any atom is 0.0727 e. The quantitative estimate of drug-likeness (QED) is 0.577. The van der Waals surface area contributed by atoms with Crippen LogP contribution in [0.5, 0.6) is 0 Å². The monoisotopic (exact) mass is 169 g/mol. The predicted octanol–water partition coefficient (Wildman–Crippen LogP) is 0.973. The largest absolute Gasteiger partial charge is 0.304 e. The van der Waals surface area contributed by atoms with Crippen LogP contribution >= 0.6 is 11.8 Å². The summed E-state index contributed by atoms with van der Waals surface area (Å²) in [6, 6.07) is 0. The van der Waals surface area contributed by atoms with E-state index in [0.717, 1.165) is 6.54 Å². The predicted molar refractivity (Wildman–Crippen MR) is 48.0 cm³/mol. The van der Waals surface area contributed by atoms with E-state index in [1.165, 1.54) is 31.0 Å². The molecule has 1 saturated heterocycles. The van der Waals surface area contributed by atoms with Crippen LogP contribution in [0, 0.1) is 6.20 Å². The van der Waals surface area contributed by atoms with Crippen LogP contribution in [0.1, 0.15) is 6.42 Å². The first kappa shape index (κ1) is 7.50. The van der Waals surface area contributed by atoms with Gasteiger partial charge >= 0.3 is 0 Å². The second kappa shape index (κ2) is 3.50. The number of hydrogen-bond acceptors (Lipinski definition) is 3. The van der Waals surface area contributed by atoms with E-state index in [2.05, 4.69) is 34.1 Å². The normalized spacial score (nSPS) is 26.4. The maximum atomic E-state index is 3.25. The van der Waals surface area contributed by atoms with E-state index in [9.17, 15) is 0 Å². The standard InChI is InChI=1S/C8H13N2S/c1-2-4-9(3-1)10-5-7-11-8-6-10/h1H,2,4-8H2. The Bertz CT molecular complexity index is 152. The van der Waals surface area contributed by atoms with Gasteiger partial charge in [0.2, 0.25) is 0 Å². The summed E-state index contributed by atoms with van der Waals surface area (Å²) in [5.74, 6) is 2.55. The minimum atomic E-state index is 1.14. The van der Waals surface area contributed by atoms with Gasteiger partial charge in [0.1, 0.15) is 0 Å². The molecule has 0 aromatic heterocycles. The molecule has 2 rings (SSSR count). The van der Waals surface area contributed by atoms with Crippen LogP contribution < -0.4 is 0 Å². The fourth-order valence-corrected chi connectivity index (χ4v) is 2.32. The van der Waals surface area contributed by atoms with Gasteiger partial charge in [-0.15, -0.1) is 0 Å². The van der Waals surface area contributed by atoms with Crippen molar-refractivity contribution in [3.05, 3.63) is 12.3 Å². The highest BCUT2D eigenvalue weighted by molar-refractivity contribution is 7.99. The SMILES string of the molecule is [C]1=CCCN1N1CCSCC1. The molecular formula is C8H13N2S. The summed E-state index contributed by atoms with van der Waals surface area (Å²) in [7, 11) is 0. The van der Waals surface area contributed by atoms with Crippen molar-refractivity contribution < 1.29 is 0 Å². The van der Waals surface area contributed by atoms with Crippen LogP contribution in [-0.4, -0.2) is 41.2 Å². The first-order valence-electron chi connectivity index (χ1n) is 4.15. The van der Waals surface area contributed by atoms with Crippen LogP contribution in [0.15, 0.2) is 6.08 Å². The lowest BCUT2D eigenvalue weighted by Gasteiger charge is -2.33. The Morgan fingerprint density at radius 2 is 2.00 bits per heavy atom. The zero-order valence-corrected chi connectivity index (χ0v) is 7.44. The van der Waals surface area contributed by atoms with Gasteiger partial charge in [-0.1, -0.05) is 6.08 Å². The summed E-state index contributed by atoms with van der Waals surface area (Å²) >= 11 is 2.05. The van der Waals surface area contributed by atoms with Gasteiger partial charge in [-0.2, -0.15) is 11.8 Å². The molecule has 1 radical (unpaired) electrons. The number of rotatable bonds is 1. The van der Waals surface area contributed by atoms with E-state index in [4.69, 9.17) is 0 Å². The molecule has 0 aliphatic carbocycles. The van der Waals surface area contributed by atoms with Crippen LogP contribution in [0.4, 0.5) is 0 Å². The van der Waals surface area contributed by atoms with Gasteiger partial charge in [-0.25, -0.2) is 5.01 Å². The molecule has 2 aliphatic rings. The molecule has 0 aromatic carbocycles. The Kier molecular flexibility index (Phi) is 2.38. The number of nitrogens with zero attached hydrogens (tertiary/aromatic N) is 2. The summed E-state index contributed by atoms with van der Waals surface area (Å²) in [4.78, 5) is 0. The first-order valence-corrected chi connectivity index (χ1v) is 5.30. The Labute approximate surface area is 72.2 Å². The summed E-state index contributed by atoms with van der Waals surface area (Å²) in [6.07, 6.45) is 6.55. The zero-order valence-electron chi connectivity index (χ0n) is 6.62. The molecule has 3 heteroatoms. The third-order valence-electron chi connectivity index (χ3n) is 2.05. The maximum absolute atomic E-state index is 3.25. The van der Waals surface area contributed by atoms with Crippen molar-refractivity contribution in [3.63, 3.8) is 0 Å². The van der Waals surface area contributed by atoms with Crippen molar-refractivity contribution in [1.29, 1.82) is 0 Å². The molecule has 2 nitrogen and oxygen atoms in total. The molecule has 0 N–H and O–H groups in total. The van der Waals surface area contributed by atoms with E-state index in [1.807, 2.05) is 0 Å². The first-order chi connectivity index (χ1) is 5.47. The summed E-state index contributed by atoms with van der Waals surface area (Å²) in [6.45, 7) is 3.54. The molecular weight excluding hydrogens is 156 g/mol. The molecule has 0 unspecified atom stereocenters. The van der Waals surface area contributed by atoms with Gasteiger partial charge in [-0.3, -0.25) is 0 Å². The molecule has 0 bridgehead atoms. The molecule has 11 heavy (non-hydrogen) atoms. The molecule has 0 spiro atoms. The Morgan fingerprint density at radius 3 is 2.64 bits per heavy atom. The number of hydrazine groups is 1. The van der Waals surface area contributed by atoms with E-state index in [1.54, 1.807) is 0 Å². The number of thioether (sulfide) groups is 1. The fraction of sp³-hybridized carbons (Fsp3) is 0.750. The lowest BCUT2D eigenvalue weighted by atomic mass is 10.5. The topological polar surface area (TPSA) is 6.48 Å². The highest BCUT2D eigenvalue weighted by Gasteiger charge is 2.17. The van der Waals surface area contributed by atoms with Crippen LogP contribution in [-0.2, 0) is 0 Å². The fourth-order valence-electron chi connectivity index (χ4n) is 1.44. The van der Waals surface area contributed by atoms with Crippen molar-refractivity contribution in [2.45, 2.75) is 6.42 Å². The lowest BCUT2D eigenvalue weighted by Crippen LogP contribution is -2.43. The minimum absolute atomic E-state index is 1.14. The Morgan fingerprint density at radius 1 is 1.18 bits per heavy atom. The highest BCUT2D eigenvalue weighted by Crippen LogP contribution is 2.14. The molecule has 0 amide bonds. The highest BCUT2D eigenvalue weighted by atomic mass is 32.2. The van der Waals surface area contributed by atoms with Crippen LogP contribution in [0.3, 0.4) is 0 Å². The molecule has 0 atom stereocenters. The summed E-state index contributed by atoms with van der Waals surface area (Å²) < 4.78 is 0. The van der Waals surface area contributed by atoms with Gasteiger partial charge in [0, 0.05) is 31.1 Å². The van der Waals surface area contributed by atoms with Crippen molar-refractivity contribution in [3.8, 4) is 0 Å². The van der Waals surface area contributed by atoms with Crippen molar-refractivity contribution in [1.82, 2.24) is 10.0 Å². The molecule has 0 aromatic rings. The van der Waals surface area contributed by atoms with E-state index >= 15 is 0 Å². The zero-order chi connectivity index (χ0) is 7.52. The molecule has 2 aliphatic heterocycles. The van der Waals surface area contributed by atoms with Gasteiger partial charge in [-0.05, 0) is 6.42 Å². The van der Waals surface area contributed by atoms with Gasteiger partial charge in [0.25, 0.3) is 0 Å². The third kappa shape index (κ3) is 1.71. The molecule has 61 valence electrons. The Hall–Kier alpha value is -0.150. The van der Waals surface area contributed by atoms with Gasteiger partial charge in [0.05, 0.1) is 6.20 Å². The second-order valence-electron chi connectivity index (χ2n) is 2.81. The molecule has 0 saturated carbocycles. The third-order valence-corrected chi connectivity index (χ3v) is 3.00. The number of hydrogen-bond donors (Lipinski definition) is 0. The van der Waals surface area contributed by atoms with E-state index in [-0.39, 0.29) is 0 Å². The van der Waals surface area contributed by atoms with Crippen molar-refractivity contribution in [2.75, 3.05) is 31.1 Å². The minimum Gasteiger partial charge on any atom is -0.304 e. The van der Waals surface area contributed by atoms with Crippen LogP contribution in [0.2, 0.25) is 0 Å². The molecule has 2 heterocycles. The van der Waals surface area contributed by atoms with Gasteiger partial charge in [0.15, 0.2) is 0 Å².